The third kappa shape index (κ3) is 2.99. The molecule has 0 saturated carbocycles. The largest absolute Gasteiger partial charge is 0.293 e. The molecule has 0 N–H and O–H groups in total. The number of Topliss-reactive ketones (excluding diaryl/α,β-unsaturated/α-hetero) is 1. The second kappa shape index (κ2) is 6.14. The first-order valence-electron chi connectivity index (χ1n) is 5.96. The average molecular weight is 307 g/mol. The molecule has 0 bridgehead atoms. The van der Waals surface area contributed by atoms with Gasteiger partial charge in [-0.1, -0.05) is 46.3 Å². The minimum atomic E-state index is -0.235. The lowest BCUT2D eigenvalue weighted by Gasteiger charge is -2.25. The molecule has 0 amide bonds. The molecular formula is C16H19BrO. The van der Waals surface area contributed by atoms with E-state index in [1.54, 1.807) is 0 Å². The number of ketones is 1. The van der Waals surface area contributed by atoms with E-state index < -0.39 is 0 Å². The van der Waals surface area contributed by atoms with Crippen molar-refractivity contribution in [3.63, 3.8) is 0 Å². The van der Waals surface area contributed by atoms with Gasteiger partial charge in [0.25, 0.3) is 0 Å². The van der Waals surface area contributed by atoms with Gasteiger partial charge in [-0.15, -0.1) is 6.58 Å². The van der Waals surface area contributed by atoms with Gasteiger partial charge in [0.1, 0.15) is 0 Å². The van der Waals surface area contributed by atoms with Crippen molar-refractivity contribution >= 4 is 21.7 Å². The third-order valence-electron chi connectivity index (χ3n) is 3.20. The lowest BCUT2D eigenvalue weighted by molar-refractivity contribution is 0.102. The fourth-order valence-electron chi connectivity index (χ4n) is 2.07. The number of carbonyl (C=O) groups excluding carboxylic acids is 1. The Bertz CT molecular complexity index is 488. The molecule has 96 valence electrons. The van der Waals surface area contributed by atoms with Crippen LogP contribution in [0.4, 0.5) is 0 Å². The highest BCUT2D eigenvalue weighted by Gasteiger charge is 2.22. The molecule has 1 atom stereocenters. The second-order valence-electron chi connectivity index (χ2n) is 4.57. The predicted molar refractivity (Wildman–Crippen MR) is 81.7 cm³/mol. The lowest BCUT2D eigenvalue weighted by atomic mass is 9.79. The summed E-state index contributed by atoms with van der Waals surface area (Å²) in [6.45, 7) is 10.1. The van der Waals surface area contributed by atoms with Crippen LogP contribution in [-0.4, -0.2) is 11.1 Å². The van der Waals surface area contributed by atoms with Crippen molar-refractivity contribution in [2.45, 2.75) is 26.2 Å². The fraction of sp³-hybridized carbons (Fsp3) is 0.312. The van der Waals surface area contributed by atoms with Gasteiger partial charge >= 0.3 is 0 Å². The number of allylic oxidation sites excluding steroid dienone is 3. The monoisotopic (exact) mass is 306 g/mol. The van der Waals surface area contributed by atoms with Crippen LogP contribution >= 0.6 is 15.9 Å². The lowest BCUT2D eigenvalue weighted by Crippen LogP contribution is -2.18. The Kier molecular flexibility index (Phi) is 5.09. The molecule has 1 rings (SSSR count). The van der Waals surface area contributed by atoms with Gasteiger partial charge in [0.05, 0.1) is 5.33 Å². The number of carbonyl (C=O) groups is 1. The minimum Gasteiger partial charge on any atom is -0.293 e. The maximum Gasteiger partial charge on any atom is 0.173 e. The summed E-state index contributed by atoms with van der Waals surface area (Å²) in [6, 6.07) is 5.85. The standard InChI is InChI=1S/C16H19BrO/c1-5-9-16(4,6-2)14-10-13(15(18)11-17)8-7-12(14)3/h5-10H,2,11H2,1,3-4H3/b9-5+. The first-order valence-corrected chi connectivity index (χ1v) is 7.08. The summed E-state index contributed by atoms with van der Waals surface area (Å²) >= 11 is 3.21. The maximum atomic E-state index is 11.8. The SMILES string of the molecule is C=CC(C)(/C=C/C)c1cc(C(=O)CBr)ccc1C. The van der Waals surface area contributed by atoms with Gasteiger partial charge in [0.2, 0.25) is 0 Å². The van der Waals surface area contributed by atoms with Crippen LogP contribution in [0.5, 0.6) is 0 Å². The van der Waals surface area contributed by atoms with Crippen molar-refractivity contribution in [3.05, 3.63) is 59.7 Å². The molecular weight excluding hydrogens is 288 g/mol. The highest BCUT2D eigenvalue weighted by Crippen LogP contribution is 2.30. The van der Waals surface area contributed by atoms with Crippen LogP contribution in [0, 0.1) is 6.92 Å². The smallest absolute Gasteiger partial charge is 0.173 e. The van der Waals surface area contributed by atoms with Gasteiger partial charge < -0.3 is 0 Å². The van der Waals surface area contributed by atoms with E-state index in [1.807, 2.05) is 37.3 Å². The number of hydrogen-bond donors (Lipinski definition) is 0. The highest BCUT2D eigenvalue weighted by atomic mass is 79.9. The summed E-state index contributed by atoms with van der Waals surface area (Å²) in [4.78, 5) is 11.8. The number of alkyl halides is 1. The Hall–Kier alpha value is -1.15. The quantitative estimate of drug-likeness (QED) is 0.442. The van der Waals surface area contributed by atoms with E-state index in [0.29, 0.717) is 5.33 Å². The van der Waals surface area contributed by atoms with Crippen LogP contribution < -0.4 is 0 Å². The van der Waals surface area contributed by atoms with Gasteiger partial charge in [0, 0.05) is 11.0 Å². The Morgan fingerprint density at radius 1 is 1.50 bits per heavy atom. The number of benzene rings is 1. The Balaban J connectivity index is 3.38. The topological polar surface area (TPSA) is 17.1 Å². The molecule has 0 heterocycles. The van der Waals surface area contributed by atoms with E-state index in [9.17, 15) is 4.79 Å². The van der Waals surface area contributed by atoms with Crippen LogP contribution in [0.25, 0.3) is 0 Å². The first kappa shape index (κ1) is 14.9. The van der Waals surface area contributed by atoms with Gasteiger partial charge in [0.15, 0.2) is 5.78 Å². The number of hydrogen-bond acceptors (Lipinski definition) is 1. The molecule has 0 radical (unpaired) electrons. The minimum absolute atomic E-state index is 0.100. The highest BCUT2D eigenvalue weighted by molar-refractivity contribution is 9.09. The van der Waals surface area contributed by atoms with Crippen LogP contribution in [0.3, 0.4) is 0 Å². The van der Waals surface area contributed by atoms with Gasteiger partial charge in [-0.05, 0) is 38.0 Å². The first-order chi connectivity index (χ1) is 8.48. The molecule has 1 aromatic carbocycles. The summed E-state index contributed by atoms with van der Waals surface area (Å²) in [5.41, 5.74) is 2.80. The summed E-state index contributed by atoms with van der Waals surface area (Å²) in [7, 11) is 0. The van der Waals surface area contributed by atoms with E-state index >= 15 is 0 Å². The Morgan fingerprint density at radius 2 is 2.17 bits per heavy atom. The zero-order chi connectivity index (χ0) is 13.8. The fourth-order valence-corrected chi connectivity index (χ4v) is 2.39. The Labute approximate surface area is 118 Å². The summed E-state index contributed by atoms with van der Waals surface area (Å²) in [5, 5.41) is 0.351. The van der Waals surface area contributed by atoms with Crippen molar-refractivity contribution in [1.82, 2.24) is 0 Å². The summed E-state index contributed by atoms with van der Waals surface area (Å²) in [6.07, 6.45) is 6.03. The second-order valence-corrected chi connectivity index (χ2v) is 5.13. The van der Waals surface area contributed by atoms with E-state index in [1.165, 1.54) is 5.56 Å². The van der Waals surface area contributed by atoms with Crippen molar-refractivity contribution in [2.75, 3.05) is 5.33 Å². The van der Waals surface area contributed by atoms with Crippen molar-refractivity contribution < 1.29 is 4.79 Å². The average Bonchev–Trinajstić information content (AvgIpc) is 2.38. The van der Waals surface area contributed by atoms with Crippen LogP contribution in [0.15, 0.2) is 43.0 Å². The summed E-state index contributed by atoms with van der Waals surface area (Å²) in [5.74, 6) is 0.100. The normalized spacial score (nSPS) is 14.4. The van der Waals surface area contributed by atoms with Gasteiger partial charge in [-0.25, -0.2) is 0 Å². The molecule has 0 aliphatic carbocycles. The molecule has 1 nitrogen and oxygen atoms in total. The van der Waals surface area contributed by atoms with Crippen LogP contribution in [0.1, 0.15) is 35.3 Å². The molecule has 0 aliphatic heterocycles. The molecule has 0 aliphatic rings. The molecule has 0 fully saturated rings. The van der Waals surface area contributed by atoms with E-state index in [4.69, 9.17) is 0 Å². The van der Waals surface area contributed by atoms with Crippen LogP contribution in [-0.2, 0) is 5.41 Å². The van der Waals surface area contributed by atoms with E-state index in [2.05, 4.69) is 42.4 Å². The third-order valence-corrected chi connectivity index (χ3v) is 3.71. The molecule has 2 heteroatoms. The van der Waals surface area contributed by atoms with E-state index in [-0.39, 0.29) is 11.2 Å². The molecule has 1 unspecified atom stereocenters. The maximum absolute atomic E-state index is 11.8. The van der Waals surface area contributed by atoms with Crippen molar-refractivity contribution in [2.24, 2.45) is 0 Å². The number of halogens is 1. The zero-order valence-electron chi connectivity index (χ0n) is 11.2. The summed E-state index contributed by atoms with van der Waals surface area (Å²) < 4.78 is 0. The predicted octanol–water partition coefficient (Wildman–Crippen LogP) is 4.59. The zero-order valence-corrected chi connectivity index (χ0v) is 12.8. The van der Waals surface area contributed by atoms with Gasteiger partial charge in [-0.2, -0.15) is 0 Å². The molecule has 0 saturated heterocycles. The Morgan fingerprint density at radius 3 is 2.67 bits per heavy atom. The van der Waals surface area contributed by atoms with Crippen molar-refractivity contribution in [3.8, 4) is 0 Å². The van der Waals surface area contributed by atoms with Gasteiger partial charge in [-0.3, -0.25) is 4.79 Å². The number of aryl methyl sites for hydroxylation is 1. The van der Waals surface area contributed by atoms with E-state index in [0.717, 1.165) is 11.1 Å². The van der Waals surface area contributed by atoms with Crippen LogP contribution in [0.2, 0.25) is 0 Å². The molecule has 0 aromatic heterocycles. The molecule has 18 heavy (non-hydrogen) atoms. The number of rotatable bonds is 5. The molecule has 0 spiro atoms. The van der Waals surface area contributed by atoms with Crippen molar-refractivity contribution in [1.29, 1.82) is 0 Å². The molecule has 1 aromatic rings.